The zero-order valence-corrected chi connectivity index (χ0v) is 20.5. The third-order valence-corrected chi connectivity index (χ3v) is 7.10. The molecule has 0 unspecified atom stereocenters. The highest BCUT2D eigenvalue weighted by Gasteiger charge is 2.33. The van der Waals surface area contributed by atoms with Crippen LogP contribution in [0.25, 0.3) is 0 Å². The van der Waals surface area contributed by atoms with Gasteiger partial charge in [0, 0.05) is 68.4 Å². The van der Waals surface area contributed by atoms with E-state index in [0.717, 1.165) is 43.6 Å². The number of piperidine rings is 2. The highest BCUT2D eigenvalue weighted by molar-refractivity contribution is 6.30. The van der Waals surface area contributed by atoms with Crippen molar-refractivity contribution in [3.05, 3.63) is 53.3 Å². The molecule has 36 heavy (non-hydrogen) atoms. The molecule has 2 aromatic rings. The molecule has 198 valence electrons. The number of likely N-dealkylation sites (tertiary alicyclic amines) is 1. The fourth-order valence-corrected chi connectivity index (χ4v) is 4.98. The van der Waals surface area contributed by atoms with Crippen molar-refractivity contribution < 1.29 is 18.0 Å². The minimum Gasteiger partial charge on any atom is -0.382 e. The number of rotatable bonds is 5. The van der Waals surface area contributed by atoms with E-state index in [1.807, 2.05) is 41.1 Å². The minimum absolute atomic E-state index is 0. The van der Waals surface area contributed by atoms with Gasteiger partial charge in [0.15, 0.2) is 0 Å². The number of amides is 2. The SMILES string of the molecule is C.CN(CC1CCN(c2ccc(Cl)cc2)CC1)C(=O)N1CCC(Nc2ccnc(C(F)(F)F)c2)CC1. The molecule has 4 rings (SSSR count). The van der Waals surface area contributed by atoms with Crippen LogP contribution in [0.15, 0.2) is 42.6 Å². The van der Waals surface area contributed by atoms with Crippen molar-refractivity contribution in [3.63, 3.8) is 0 Å². The van der Waals surface area contributed by atoms with Gasteiger partial charge in [-0.2, -0.15) is 13.2 Å². The maximum Gasteiger partial charge on any atom is 0.433 e. The van der Waals surface area contributed by atoms with Crippen molar-refractivity contribution in [3.8, 4) is 0 Å². The lowest BCUT2D eigenvalue weighted by atomic mass is 9.96. The van der Waals surface area contributed by atoms with Crippen LogP contribution in [0.5, 0.6) is 0 Å². The van der Waals surface area contributed by atoms with Crippen LogP contribution < -0.4 is 10.2 Å². The Hall–Kier alpha value is -2.68. The number of benzene rings is 1. The van der Waals surface area contributed by atoms with Crippen LogP contribution in [0, 0.1) is 5.92 Å². The fourth-order valence-electron chi connectivity index (χ4n) is 4.86. The van der Waals surface area contributed by atoms with Crippen molar-refractivity contribution in [1.82, 2.24) is 14.8 Å². The Morgan fingerprint density at radius 2 is 1.72 bits per heavy atom. The molecule has 2 fully saturated rings. The highest BCUT2D eigenvalue weighted by Crippen LogP contribution is 2.30. The van der Waals surface area contributed by atoms with E-state index in [-0.39, 0.29) is 19.5 Å². The van der Waals surface area contributed by atoms with Gasteiger partial charge in [-0.3, -0.25) is 4.98 Å². The van der Waals surface area contributed by atoms with Crippen LogP contribution in [-0.4, -0.2) is 66.6 Å². The summed E-state index contributed by atoms with van der Waals surface area (Å²) in [4.78, 5) is 22.4. The molecule has 0 saturated carbocycles. The summed E-state index contributed by atoms with van der Waals surface area (Å²) in [6.45, 7) is 3.79. The maximum absolute atomic E-state index is 13.0. The molecule has 0 radical (unpaired) electrons. The topological polar surface area (TPSA) is 51.7 Å². The largest absolute Gasteiger partial charge is 0.433 e. The molecule has 2 aliphatic rings. The molecule has 10 heteroatoms. The summed E-state index contributed by atoms with van der Waals surface area (Å²) in [5.74, 6) is 0.459. The average Bonchev–Trinajstić information content (AvgIpc) is 2.85. The molecule has 1 aromatic heterocycles. The highest BCUT2D eigenvalue weighted by atomic mass is 35.5. The van der Waals surface area contributed by atoms with Gasteiger partial charge >= 0.3 is 12.2 Å². The Morgan fingerprint density at radius 3 is 2.33 bits per heavy atom. The van der Waals surface area contributed by atoms with Gasteiger partial charge in [-0.15, -0.1) is 0 Å². The molecule has 3 heterocycles. The quantitative estimate of drug-likeness (QED) is 0.502. The first kappa shape index (κ1) is 27.9. The molecule has 2 aliphatic heterocycles. The molecule has 1 N–H and O–H groups in total. The monoisotopic (exact) mass is 525 g/mol. The Kier molecular flexibility index (Phi) is 9.33. The molecule has 6 nitrogen and oxygen atoms in total. The zero-order chi connectivity index (χ0) is 25.0. The zero-order valence-electron chi connectivity index (χ0n) is 19.8. The number of carbonyl (C=O) groups is 1. The van der Waals surface area contributed by atoms with Crippen molar-refractivity contribution in [1.29, 1.82) is 0 Å². The van der Waals surface area contributed by atoms with E-state index in [4.69, 9.17) is 11.6 Å². The number of nitrogens with zero attached hydrogens (tertiary/aromatic N) is 4. The van der Waals surface area contributed by atoms with E-state index in [0.29, 0.717) is 37.5 Å². The molecule has 2 saturated heterocycles. The second kappa shape index (κ2) is 12.0. The third-order valence-electron chi connectivity index (χ3n) is 6.85. The smallest absolute Gasteiger partial charge is 0.382 e. The van der Waals surface area contributed by atoms with Crippen LogP contribution in [0.1, 0.15) is 38.8 Å². The molecule has 0 aliphatic carbocycles. The molecular formula is C26H35ClF3N5O. The van der Waals surface area contributed by atoms with Crippen molar-refractivity contribution in [2.45, 2.75) is 45.3 Å². The van der Waals surface area contributed by atoms with E-state index in [2.05, 4.69) is 15.2 Å². The summed E-state index contributed by atoms with van der Waals surface area (Å²) in [6, 6.07) is 10.5. The number of anilines is 2. The van der Waals surface area contributed by atoms with Gasteiger partial charge in [0.25, 0.3) is 0 Å². The number of halogens is 4. The van der Waals surface area contributed by atoms with Crippen molar-refractivity contribution in [2.75, 3.05) is 50.0 Å². The second-order valence-electron chi connectivity index (χ2n) is 9.40. The summed E-state index contributed by atoms with van der Waals surface area (Å²) < 4.78 is 38.7. The number of aromatic nitrogens is 1. The van der Waals surface area contributed by atoms with E-state index >= 15 is 0 Å². The van der Waals surface area contributed by atoms with Crippen LogP contribution in [0.4, 0.5) is 29.3 Å². The number of alkyl halides is 3. The summed E-state index contributed by atoms with van der Waals surface area (Å²) in [5.41, 5.74) is 0.671. The van der Waals surface area contributed by atoms with Gasteiger partial charge in [-0.1, -0.05) is 19.0 Å². The van der Waals surface area contributed by atoms with Crippen LogP contribution in [0.3, 0.4) is 0 Å². The standard InChI is InChI=1S/C25H31ClF3N5O.CH4/c1-32(17-18-7-12-33(13-8-18)22-4-2-19(26)3-5-22)24(35)34-14-9-20(10-15-34)31-21-6-11-30-23(16-21)25(27,28)29;/h2-6,11,16,18,20H,7-10,12-15,17H2,1H3,(H,30,31);1H4. The molecule has 0 spiro atoms. The number of carbonyl (C=O) groups excluding carboxylic acids is 1. The average molecular weight is 526 g/mol. The third kappa shape index (κ3) is 7.18. The molecule has 2 amide bonds. The minimum atomic E-state index is -4.47. The molecule has 0 bridgehead atoms. The number of urea groups is 1. The number of hydrogen-bond acceptors (Lipinski definition) is 4. The van der Waals surface area contributed by atoms with Gasteiger partial charge in [0.2, 0.25) is 0 Å². The van der Waals surface area contributed by atoms with E-state index < -0.39 is 11.9 Å². The molecule has 1 aromatic carbocycles. The van der Waals surface area contributed by atoms with Crippen molar-refractivity contribution in [2.24, 2.45) is 5.92 Å². The first-order chi connectivity index (χ1) is 16.7. The van der Waals surface area contributed by atoms with Crippen LogP contribution in [0.2, 0.25) is 5.02 Å². The van der Waals surface area contributed by atoms with Gasteiger partial charge in [0.1, 0.15) is 5.69 Å². The predicted octanol–water partition coefficient (Wildman–Crippen LogP) is 6.23. The maximum atomic E-state index is 13.0. The summed E-state index contributed by atoms with van der Waals surface area (Å²) >= 11 is 5.99. The van der Waals surface area contributed by atoms with Gasteiger partial charge < -0.3 is 20.0 Å². The molecule has 0 atom stereocenters. The lowest BCUT2D eigenvalue weighted by molar-refractivity contribution is -0.141. The van der Waals surface area contributed by atoms with Gasteiger partial charge in [-0.05, 0) is 68.0 Å². The Morgan fingerprint density at radius 1 is 1.08 bits per heavy atom. The normalized spacial score (nSPS) is 17.5. The summed E-state index contributed by atoms with van der Waals surface area (Å²) in [5, 5.41) is 3.90. The number of hydrogen-bond donors (Lipinski definition) is 1. The predicted molar refractivity (Wildman–Crippen MR) is 139 cm³/mol. The first-order valence-corrected chi connectivity index (χ1v) is 12.4. The van der Waals surface area contributed by atoms with Crippen LogP contribution in [-0.2, 0) is 6.18 Å². The second-order valence-corrected chi connectivity index (χ2v) is 9.84. The van der Waals surface area contributed by atoms with Gasteiger partial charge in [-0.25, -0.2) is 4.79 Å². The first-order valence-electron chi connectivity index (χ1n) is 12.0. The van der Waals surface area contributed by atoms with E-state index in [9.17, 15) is 18.0 Å². The Labute approximate surface area is 216 Å². The lowest BCUT2D eigenvalue weighted by Crippen LogP contribution is -2.49. The summed E-state index contributed by atoms with van der Waals surface area (Å²) in [6.07, 6.45) is 0.116. The number of nitrogens with one attached hydrogen (secondary N) is 1. The van der Waals surface area contributed by atoms with Crippen LogP contribution >= 0.6 is 11.6 Å². The van der Waals surface area contributed by atoms with Gasteiger partial charge in [0.05, 0.1) is 0 Å². The van der Waals surface area contributed by atoms with E-state index in [1.165, 1.54) is 11.9 Å². The molecular weight excluding hydrogens is 491 g/mol. The Balaban J connectivity index is 0.00000361. The number of pyridine rings is 1. The summed E-state index contributed by atoms with van der Waals surface area (Å²) in [7, 11) is 1.86. The van der Waals surface area contributed by atoms with E-state index in [1.54, 1.807) is 6.07 Å². The van der Waals surface area contributed by atoms with Crippen molar-refractivity contribution >= 4 is 29.0 Å². The Bertz CT molecular complexity index is 988. The lowest BCUT2D eigenvalue weighted by Gasteiger charge is -2.38. The fraction of sp³-hybridized carbons (Fsp3) is 0.538.